The van der Waals surface area contributed by atoms with E-state index in [9.17, 15) is 8.78 Å². The molecule has 72 valence electrons. The summed E-state index contributed by atoms with van der Waals surface area (Å²) >= 11 is 6.97. The van der Waals surface area contributed by atoms with E-state index in [4.69, 9.17) is 17.3 Å². The van der Waals surface area contributed by atoms with Gasteiger partial charge in [-0.05, 0) is 12.1 Å². The van der Waals surface area contributed by atoms with E-state index in [1.54, 1.807) is 12.1 Å². The number of rotatable bonds is 1. The molecule has 1 aromatic heterocycles. The Balaban J connectivity index is 2.20. The molecule has 2 rings (SSSR count). The predicted molar refractivity (Wildman–Crippen MR) is 49.4 cm³/mol. The Kier molecular flexibility index (Phi) is 1.91. The van der Waals surface area contributed by atoms with Crippen molar-refractivity contribution in [3.05, 3.63) is 21.3 Å². The van der Waals surface area contributed by atoms with Gasteiger partial charge in [-0.25, -0.2) is 8.78 Å². The van der Waals surface area contributed by atoms with Gasteiger partial charge in [0, 0.05) is 17.7 Å². The molecule has 0 aliphatic heterocycles. The maximum Gasteiger partial charge on any atom is 0.252 e. The van der Waals surface area contributed by atoms with Crippen molar-refractivity contribution in [1.29, 1.82) is 0 Å². The van der Waals surface area contributed by atoms with Crippen LogP contribution >= 0.6 is 22.9 Å². The molecule has 0 saturated heterocycles. The van der Waals surface area contributed by atoms with E-state index in [1.807, 2.05) is 0 Å². The van der Waals surface area contributed by atoms with Gasteiger partial charge < -0.3 is 5.73 Å². The minimum atomic E-state index is -2.59. The zero-order valence-corrected chi connectivity index (χ0v) is 8.26. The van der Waals surface area contributed by atoms with Gasteiger partial charge in [-0.2, -0.15) is 0 Å². The van der Waals surface area contributed by atoms with E-state index in [1.165, 1.54) is 11.3 Å². The van der Waals surface area contributed by atoms with Crippen LogP contribution in [0.5, 0.6) is 0 Å². The van der Waals surface area contributed by atoms with Crippen LogP contribution in [0.3, 0.4) is 0 Å². The Labute approximate surface area is 83.5 Å². The molecule has 0 spiro atoms. The summed E-state index contributed by atoms with van der Waals surface area (Å²) in [6, 6.07) is 3.41. The summed E-state index contributed by atoms with van der Waals surface area (Å²) in [4.78, 5) is 0.753. The van der Waals surface area contributed by atoms with Gasteiger partial charge in [0.2, 0.25) is 0 Å². The van der Waals surface area contributed by atoms with Crippen LogP contribution in [0.1, 0.15) is 17.7 Å². The highest BCUT2D eigenvalue weighted by atomic mass is 35.5. The molecule has 0 bridgehead atoms. The van der Waals surface area contributed by atoms with Crippen molar-refractivity contribution in [1.82, 2.24) is 0 Å². The number of alkyl halides is 2. The summed E-state index contributed by atoms with van der Waals surface area (Å²) < 4.78 is 25.8. The van der Waals surface area contributed by atoms with Gasteiger partial charge in [0.05, 0.1) is 9.88 Å². The van der Waals surface area contributed by atoms with Crippen molar-refractivity contribution in [3.63, 3.8) is 0 Å². The van der Waals surface area contributed by atoms with Gasteiger partial charge in [0.25, 0.3) is 5.92 Å². The molecule has 1 aliphatic rings. The zero-order chi connectivity index (χ0) is 9.69. The van der Waals surface area contributed by atoms with Gasteiger partial charge in [-0.3, -0.25) is 0 Å². The van der Waals surface area contributed by atoms with Crippen LogP contribution in [0.2, 0.25) is 4.34 Å². The second kappa shape index (κ2) is 2.65. The van der Waals surface area contributed by atoms with Crippen LogP contribution in [0.4, 0.5) is 8.78 Å². The molecule has 13 heavy (non-hydrogen) atoms. The third-order valence-electron chi connectivity index (χ3n) is 2.21. The Morgan fingerprint density at radius 3 is 2.38 bits per heavy atom. The fourth-order valence-corrected chi connectivity index (χ4v) is 2.77. The number of nitrogens with two attached hydrogens (primary N) is 1. The molecule has 2 N–H and O–H groups in total. The van der Waals surface area contributed by atoms with Crippen LogP contribution < -0.4 is 5.73 Å². The highest BCUT2D eigenvalue weighted by molar-refractivity contribution is 7.16. The van der Waals surface area contributed by atoms with Crippen LogP contribution in [0.15, 0.2) is 12.1 Å². The van der Waals surface area contributed by atoms with E-state index < -0.39 is 11.5 Å². The number of hydrogen-bond donors (Lipinski definition) is 1. The van der Waals surface area contributed by atoms with Crippen LogP contribution in [0.25, 0.3) is 0 Å². The van der Waals surface area contributed by atoms with Crippen LogP contribution in [-0.2, 0) is 5.54 Å². The Bertz CT molecular complexity index is 329. The number of hydrogen-bond acceptors (Lipinski definition) is 2. The van der Waals surface area contributed by atoms with Crippen molar-refractivity contribution in [2.24, 2.45) is 5.73 Å². The van der Waals surface area contributed by atoms with E-state index in [-0.39, 0.29) is 12.8 Å². The predicted octanol–water partition coefficient (Wildman–Crippen LogP) is 2.98. The van der Waals surface area contributed by atoms with Crippen molar-refractivity contribution >= 4 is 22.9 Å². The van der Waals surface area contributed by atoms with Crippen LogP contribution in [-0.4, -0.2) is 5.92 Å². The molecule has 1 nitrogen and oxygen atoms in total. The van der Waals surface area contributed by atoms with Crippen molar-refractivity contribution in [2.45, 2.75) is 24.3 Å². The molecule has 1 fully saturated rings. The smallest absolute Gasteiger partial charge is 0.252 e. The van der Waals surface area contributed by atoms with Crippen molar-refractivity contribution in [2.75, 3.05) is 0 Å². The lowest BCUT2D eigenvalue weighted by molar-refractivity contribution is -0.123. The van der Waals surface area contributed by atoms with E-state index in [0.717, 1.165) is 4.88 Å². The molecule has 1 heterocycles. The summed E-state index contributed by atoms with van der Waals surface area (Å²) in [5.41, 5.74) is 4.94. The molecule has 0 amide bonds. The van der Waals surface area contributed by atoms with E-state index >= 15 is 0 Å². The SMILES string of the molecule is NC1(c2ccc(Cl)s2)CC(F)(F)C1. The maximum atomic E-state index is 12.6. The third kappa shape index (κ3) is 1.58. The van der Waals surface area contributed by atoms with Crippen LogP contribution in [0, 0.1) is 0 Å². The molecule has 0 radical (unpaired) electrons. The summed E-state index contributed by atoms with van der Waals surface area (Å²) in [6.07, 6.45) is -0.534. The van der Waals surface area contributed by atoms with E-state index in [0.29, 0.717) is 4.34 Å². The third-order valence-corrected chi connectivity index (χ3v) is 3.66. The molecule has 0 atom stereocenters. The number of halogens is 3. The topological polar surface area (TPSA) is 26.0 Å². The average Bonchev–Trinajstić information content (AvgIpc) is 2.31. The minimum absolute atomic E-state index is 0.267. The highest BCUT2D eigenvalue weighted by Gasteiger charge is 2.55. The first-order valence-corrected chi connectivity index (χ1v) is 5.03. The van der Waals surface area contributed by atoms with Gasteiger partial charge >= 0.3 is 0 Å². The second-order valence-electron chi connectivity index (χ2n) is 3.47. The first kappa shape index (κ1) is 9.37. The van der Waals surface area contributed by atoms with Gasteiger partial charge in [-0.1, -0.05) is 11.6 Å². The molecule has 1 aliphatic carbocycles. The first-order chi connectivity index (χ1) is 5.91. The Morgan fingerprint density at radius 2 is 2.00 bits per heavy atom. The molecule has 1 saturated carbocycles. The Morgan fingerprint density at radius 1 is 1.38 bits per heavy atom. The summed E-state index contributed by atoms with van der Waals surface area (Å²) in [6.45, 7) is 0. The van der Waals surface area contributed by atoms with Crippen molar-refractivity contribution in [3.8, 4) is 0 Å². The first-order valence-electron chi connectivity index (χ1n) is 3.84. The normalized spacial score (nSPS) is 24.0. The molecule has 0 unspecified atom stereocenters. The average molecular weight is 224 g/mol. The highest BCUT2D eigenvalue weighted by Crippen LogP contribution is 2.51. The lowest BCUT2D eigenvalue weighted by atomic mass is 9.73. The summed E-state index contributed by atoms with van der Waals surface area (Å²) in [7, 11) is 0. The van der Waals surface area contributed by atoms with Gasteiger partial charge in [-0.15, -0.1) is 11.3 Å². The largest absolute Gasteiger partial charge is 0.320 e. The maximum absolute atomic E-state index is 12.6. The summed E-state index contributed by atoms with van der Waals surface area (Å²) in [5, 5.41) is 0. The lowest BCUT2D eigenvalue weighted by Crippen LogP contribution is -2.55. The molecule has 1 aromatic rings. The molecular weight excluding hydrogens is 216 g/mol. The standard InChI is InChI=1S/C8H8ClF2NS/c9-6-2-1-5(13-6)7(12)3-8(10,11)4-7/h1-2H,3-4,12H2. The fourth-order valence-electron chi connectivity index (χ4n) is 1.63. The monoisotopic (exact) mass is 223 g/mol. The summed E-state index contributed by atoms with van der Waals surface area (Å²) in [5.74, 6) is -2.59. The number of thiophene rings is 1. The lowest BCUT2D eigenvalue weighted by Gasteiger charge is -2.43. The van der Waals surface area contributed by atoms with Crippen molar-refractivity contribution < 1.29 is 8.78 Å². The Hall–Kier alpha value is -0.190. The fraction of sp³-hybridized carbons (Fsp3) is 0.500. The van der Waals surface area contributed by atoms with E-state index in [2.05, 4.69) is 0 Å². The molecule has 0 aromatic carbocycles. The quantitative estimate of drug-likeness (QED) is 0.778. The minimum Gasteiger partial charge on any atom is -0.320 e. The zero-order valence-electron chi connectivity index (χ0n) is 6.69. The molecule has 5 heteroatoms. The second-order valence-corrected chi connectivity index (χ2v) is 5.18. The van der Waals surface area contributed by atoms with Gasteiger partial charge in [0.1, 0.15) is 0 Å². The van der Waals surface area contributed by atoms with Gasteiger partial charge in [0.15, 0.2) is 0 Å². The molecular formula is C8H8ClF2NS.